The maximum absolute atomic E-state index is 12.7. The molecule has 10 nitrogen and oxygen atoms in total. The molecule has 0 aliphatic carbocycles. The lowest BCUT2D eigenvalue weighted by Crippen LogP contribution is -2.56. The second kappa shape index (κ2) is 8.59. The quantitative estimate of drug-likeness (QED) is 0.586. The van der Waals surface area contributed by atoms with Crippen molar-refractivity contribution in [2.45, 2.75) is 71.9 Å². The molecule has 10 heteroatoms. The smallest absolute Gasteiger partial charge is 0.413 e. The predicted octanol–water partition coefficient (Wildman–Crippen LogP) is 0.968. The van der Waals surface area contributed by atoms with Gasteiger partial charge in [-0.2, -0.15) is 0 Å². The lowest BCUT2D eigenvalue weighted by atomic mass is 10.1. The second-order valence-corrected chi connectivity index (χ2v) is 7.84. The van der Waals surface area contributed by atoms with Gasteiger partial charge in [0.1, 0.15) is 23.1 Å². The minimum atomic E-state index is -1.29. The zero-order valence-electron chi connectivity index (χ0n) is 17.3. The zero-order valence-corrected chi connectivity index (χ0v) is 17.3. The highest BCUT2D eigenvalue weighted by molar-refractivity contribution is 5.95. The average molecular weight is 399 g/mol. The number of carbonyl (C=O) groups is 4. The van der Waals surface area contributed by atoms with E-state index in [4.69, 9.17) is 14.6 Å². The Morgan fingerprint density at radius 3 is 2.29 bits per heavy atom. The van der Waals surface area contributed by atoms with Crippen LogP contribution in [0.4, 0.5) is 4.79 Å². The normalized spacial score (nSPS) is 21.8. The van der Waals surface area contributed by atoms with Gasteiger partial charge in [0.05, 0.1) is 12.6 Å². The van der Waals surface area contributed by atoms with Crippen molar-refractivity contribution in [3.63, 3.8) is 0 Å². The molecule has 3 N–H and O–H groups in total. The number of rotatable bonds is 5. The Labute approximate surface area is 164 Å². The van der Waals surface area contributed by atoms with E-state index >= 15 is 0 Å². The second-order valence-electron chi connectivity index (χ2n) is 7.84. The van der Waals surface area contributed by atoms with Crippen LogP contribution in [-0.2, 0) is 23.9 Å². The highest BCUT2D eigenvalue weighted by Crippen LogP contribution is 2.33. The molecular weight excluding hydrogens is 370 g/mol. The molecule has 2 atom stereocenters. The molecule has 0 aromatic rings. The van der Waals surface area contributed by atoms with Crippen LogP contribution < -0.4 is 10.6 Å². The van der Waals surface area contributed by atoms with Crippen LogP contribution in [0, 0.1) is 0 Å². The first-order chi connectivity index (χ1) is 12.7. The van der Waals surface area contributed by atoms with Crippen molar-refractivity contribution in [3.8, 4) is 0 Å². The van der Waals surface area contributed by atoms with Gasteiger partial charge in [0.2, 0.25) is 11.8 Å². The van der Waals surface area contributed by atoms with Crippen LogP contribution in [0.25, 0.3) is 0 Å². The summed E-state index contributed by atoms with van der Waals surface area (Å²) in [6, 6.07) is -1.02. The first-order valence-electron chi connectivity index (χ1n) is 8.87. The molecule has 1 aliphatic heterocycles. The van der Waals surface area contributed by atoms with E-state index < -0.39 is 53.9 Å². The zero-order chi connectivity index (χ0) is 21.9. The van der Waals surface area contributed by atoms with Gasteiger partial charge >= 0.3 is 12.1 Å². The van der Waals surface area contributed by atoms with Crippen LogP contribution in [-0.4, -0.2) is 63.9 Å². The summed E-state index contributed by atoms with van der Waals surface area (Å²) in [5.74, 6) is -2.62. The van der Waals surface area contributed by atoms with Crippen molar-refractivity contribution in [2.75, 3.05) is 6.54 Å². The van der Waals surface area contributed by atoms with Crippen LogP contribution in [0.15, 0.2) is 11.8 Å². The third kappa shape index (κ3) is 5.95. The summed E-state index contributed by atoms with van der Waals surface area (Å²) in [6.07, 6.45) is -0.133. The fourth-order valence-corrected chi connectivity index (χ4v) is 2.81. The lowest BCUT2D eigenvalue weighted by molar-refractivity contribution is -0.134. The number of carboxylic acid groups (broad SMARTS) is 1. The molecule has 0 aromatic heterocycles. The molecule has 0 saturated carbocycles. The fraction of sp³-hybridized carbons (Fsp3) is 0.667. The van der Waals surface area contributed by atoms with Gasteiger partial charge in [-0.05, 0) is 48.5 Å². The number of carbonyl (C=O) groups excluding carboxylic acids is 3. The lowest BCUT2D eigenvalue weighted by Gasteiger charge is -2.34. The number of nitrogens with zero attached hydrogens (tertiary/aromatic N) is 1. The molecule has 0 radical (unpaired) electrons. The highest BCUT2D eigenvalue weighted by Gasteiger charge is 2.52. The highest BCUT2D eigenvalue weighted by atomic mass is 16.6. The molecule has 1 rings (SSSR count). The first kappa shape index (κ1) is 23.4. The van der Waals surface area contributed by atoms with Crippen molar-refractivity contribution in [2.24, 2.45) is 0 Å². The predicted molar refractivity (Wildman–Crippen MR) is 99.0 cm³/mol. The molecule has 3 amide bonds. The van der Waals surface area contributed by atoms with Crippen LogP contribution in [0.1, 0.15) is 48.5 Å². The molecular formula is C18H29N3O7. The maximum Gasteiger partial charge on any atom is 0.413 e. The van der Waals surface area contributed by atoms with Gasteiger partial charge in [0.25, 0.3) is 0 Å². The maximum atomic E-state index is 12.7. The first-order valence-corrected chi connectivity index (χ1v) is 8.87. The SMILES string of the molecule is C/C=C(\NC(=O)CNC(=O)[C@@H]1[C@@H](C)OC(C)(C)N1C(=O)OC(C)(C)C)C(=O)O. The average Bonchev–Trinajstić information content (AvgIpc) is 2.76. The molecule has 0 aromatic carbocycles. The number of carboxylic acids is 1. The Hall–Kier alpha value is -2.62. The van der Waals surface area contributed by atoms with Crippen molar-refractivity contribution in [1.82, 2.24) is 15.5 Å². The number of ether oxygens (including phenoxy) is 2. The molecule has 0 spiro atoms. The molecule has 1 saturated heterocycles. The van der Waals surface area contributed by atoms with Crippen LogP contribution in [0.5, 0.6) is 0 Å². The molecule has 28 heavy (non-hydrogen) atoms. The van der Waals surface area contributed by atoms with E-state index in [1.165, 1.54) is 17.9 Å². The summed E-state index contributed by atoms with van der Waals surface area (Å²) in [5.41, 5.74) is -2.15. The minimum Gasteiger partial charge on any atom is -0.477 e. The van der Waals surface area contributed by atoms with E-state index in [0.717, 1.165) is 0 Å². The van der Waals surface area contributed by atoms with E-state index in [1.54, 1.807) is 41.5 Å². The minimum absolute atomic E-state index is 0.298. The number of hydrogen-bond acceptors (Lipinski definition) is 6. The Bertz CT molecular complexity index is 679. The summed E-state index contributed by atoms with van der Waals surface area (Å²) >= 11 is 0. The molecule has 158 valence electrons. The van der Waals surface area contributed by atoms with Gasteiger partial charge in [0.15, 0.2) is 0 Å². The van der Waals surface area contributed by atoms with E-state index in [9.17, 15) is 19.2 Å². The van der Waals surface area contributed by atoms with Crippen molar-refractivity contribution < 1.29 is 33.8 Å². The Kier molecular flexibility index (Phi) is 7.19. The van der Waals surface area contributed by atoms with Gasteiger partial charge in [-0.3, -0.25) is 14.5 Å². The number of aliphatic carboxylic acids is 1. The Morgan fingerprint density at radius 1 is 1.25 bits per heavy atom. The van der Waals surface area contributed by atoms with E-state index in [1.807, 2.05) is 0 Å². The summed E-state index contributed by atoms with van der Waals surface area (Å²) in [7, 11) is 0. The van der Waals surface area contributed by atoms with Crippen molar-refractivity contribution >= 4 is 23.9 Å². The summed E-state index contributed by atoms with van der Waals surface area (Å²) < 4.78 is 11.1. The summed E-state index contributed by atoms with van der Waals surface area (Å²) in [6.45, 7) is 11.0. The fourth-order valence-electron chi connectivity index (χ4n) is 2.81. The standard InChI is InChI=1S/C18H29N3O7/c1-8-11(15(24)25)20-12(22)9-19-14(23)13-10(2)27-18(6,7)21(13)16(26)28-17(3,4)5/h8,10,13H,9H2,1-7H3,(H,19,23)(H,20,22)(H,24,25)/b11-8-/t10-,13+/m1/s1. The van der Waals surface area contributed by atoms with Crippen LogP contribution >= 0.6 is 0 Å². The Balaban J connectivity index is 2.87. The molecule has 0 unspecified atom stereocenters. The topological polar surface area (TPSA) is 134 Å². The van der Waals surface area contributed by atoms with E-state index in [-0.39, 0.29) is 5.70 Å². The number of amides is 3. The van der Waals surface area contributed by atoms with Crippen molar-refractivity contribution in [3.05, 3.63) is 11.8 Å². The van der Waals surface area contributed by atoms with Gasteiger partial charge in [-0.15, -0.1) is 0 Å². The van der Waals surface area contributed by atoms with Crippen LogP contribution in [0.3, 0.4) is 0 Å². The van der Waals surface area contributed by atoms with Gasteiger partial charge in [-0.1, -0.05) is 6.08 Å². The molecule has 1 fully saturated rings. The third-order valence-electron chi connectivity index (χ3n) is 3.85. The third-order valence-corrected chi connectivity index (χ3v) is 3.85. The number of hydrogen-bond donors (Lipinski definition) is 3. The summed E-state index contributed by atoms with van der Waals surface area (Å²) in [5, 5.41) is 13.5. The molecule has 1 aliphatic rings. The molecule has 1 heterocycles. The number of nitrogens with one attached hydrogen (secondary N) is 2. The summed E-state index contributed by atoms with van der Waals surface area (Å²) in [4.78, 5) is 49.3. The van der Waals surface area contributed by atoms with Crippen LogP contribution in [0.2, 0.25) is 0 Å². The van der Waals surface area contributed by atoms with E-state index in [2.05, 4.69) is 10.6 Å². The van der Waals surface area contributed by atoms with Gasteiger partial charge < -0.3 is 25.2 Å². The van der Waals surface area contributed by atoms with Crippen molar-refractivity contribution in [1.29, 1.82) is 0 Å². The number of allylic oxidation sites excluding steroid dienone is 1. The van der Waals surface area contributed by atoms with E-state index in [0.29, 0.717) is 0 Å². The molecule has 0 bridgehead atoms. The largest absolute Gasteiger partial charge is 0.477 e. The van der Waals surface area contributed by atoms with Gasteiger partial charge in [0, 0.05) is 0 Å². The monoisotopic (exact) mass is 399 g/mol. The Morgan fingerprint density at radius 2 is 1.82 bits per heavy atom. The van der Waals surface area contributed by atoms with Gasteiger partial charge in [-0.25, -0.2) is 9.59 Å².